The van der Waals surface area contributed by atoms with Crippen molar-refractivity contribution >= 4 is 23.5 Å². The van der Waals surface area contributed by atoms with E-state index in [0.29, 0.717) is 45.1 Å². The molecule has 1 atom stereocenters. The molecule has 0 saturated carbocycles. The van der Waals surface area contributed by atoms with Crippen molar-refractivity contribution in [1.82, 2.24) is 9.55 Å². The molecule has 1 aliphatic rings. The molecular weight excluding hydrogens is 394 g/mol. The van der Waals surface area contributed by atoms with Gasteiger partial charge in [-0.1, -0.05) is 17.8 Å². The topological polar surface area (TPSA) is 91.7 Å². The molecule has 1 aromatic carbocycles. The van der Waals surface area contributed by atoms with Crippen LogP contribution in [0.5, 0.6) is 17.2 Å². The van der Waals surface area contributed by atoms with Gasteiger partial charge in [-0.15, -0.1) is 6.58 Å². The van der Waals surface area contributed by atoms with Gasteiger partial charge in [-0.3, -0.25) is 9.59 Å². The van der Waals surface area contributed by atoms with Crippen LogP contribution in [0.4, 0.5) is 5.82 Å². The Labute approximate surface area is 172 Å². The van der Waals surface area contributed by atoms with E-state index in [9.17, 15) is 9.59 Å². The average molecular weight is 417 g/mol. The highest BCUT2D eigenvalue weighted by Crippen LogP contribution is 2.44. The van der Waals surface area contributed by atoms with E-state index in [0.717, 1.165) is 0 Å². The molecule has 1 aliphatic heterocycles. The molecule has 0 unspecified atom stereocenters. The van der Waals surface area contributed by atoms with E-state index < -0.39 is 5.92 Å². The minimum absolute atomic E-state index is 0.0922. The third-order valence-corrected chi connectivity index (χ3v) is 5.77. The maximum Gasteiger partial charge on any atom is 0.279 e. The van der Waals surface area contributed by atoms with Gasteiger partial charge in [0, 0.05) is 36.8 Å². The van der Waals surface area contributed by atoms with Crippen molar-refractivity contribution in [2.24, 2.45) is 7.05 Å². The van der Waals surface area contributed by atoms with E-state index >= 15 is 0 Å². The zero-order chi connectivity index (χ0) is 21.1. The van der Waals surface area contributed by atoms with Gasteiger partial charge in [0.1, 0.15) is 11.6 Å². The first kappa shape index (κ1) is 20.8. The highest BCUT2D eigenvalue weighted by molar-refractivity contribution is 7.99. The number of nitrogens with zero attached hydrogens (tertiary/aromatic N) is 2. The Hall–Kier alpha value is -2.94. The van der Waals surface area contributed by atoms with E-state index in [4.69, 9.17) is 14.2 Å². The van der Waals surface area contributed by atoms with E-state index in [1.807, 2.05) is 0 Å². The van der Waals surface area contributed by atoms with Crippen LogP contribution in [-0.2, 0) is 11.8 Å². The molecular formula is C20H23N3O5S. The Balaban J connectivity index is 2.22. The molecule has 2 aromatic rings. The van der Waals surface area contributed by atoms with Gasteiger partial charge >= 0.3 is 0 Å². The first-order chi connectivity index (χ1) is 13.9. The normalized spacial score (nSPS) is 15.3. The van der Waals surface area contributed by atoms with E-state index in [2.05, 4.69) is 16.9 Å². The van der Waals surface area contributed by atoms with Crippen molar-refractivity contribution in [1.29, 1.82) is 0 Å². The van der Waals surface area contributed by atoms with Crippen LogP contribution in [0.15, 0.2) is 34.7 Å². The largest absolute Gasteiger partial charge is 0.496 e. The number of ether oxygens (including phenoxy) is 3. The van der Waals surface area contributed by atoms with E-state index in [1.165, 1.54) is 33.1 Å². The maximum absolute atomic E-state index is 13.0. The summed E-state index contributed by atoms with van der Waals surface area (Å²) in [6.45, 7) is 3.69. The second kappa shape index (κ2) is 8.60. The van der Waals surface area contributed by atoms with Crippen LogP contribution in [0.1, 0.15) is 23.5 Å². The van der Waals surface area contributed by atoms with Crippen LogP contribution in [-0.4, -0.2) is 42.5 Å². The summed E-state index contributed by atoms with van der Waals surface area (Å²) in [6.07, 6.45) is 1.82. The molecule has 9 heteroatoms. The summed E-state index contributed by atoms with van der Waals surface area (Å²) < 4.78 is 18.0. The number of methoxy groups -OCH3 is 3. The third kappa shape index (κ3) is 3.82. The molecule has 0 spiro atoms. The molecule has 2 heterocycles. The van der Waals surface area contributed by atoms with Gasteiger partial charge in [0.2, 0.25) is 5.91 Å². The summed E-state index contributed by atoms with van der Waals surface area (Å²) in [4.78, 5) is 29.7. The minimum Gasteiger partial charge on any atom is -0.496 e. The second-order valence-corrected chi connectivity index (χ2v) is 7.36. The molecule has 0 radical (unpaired) electrons. The Morgan fingerprint density at radius 1 is 1.21 bits per heavy atom. The number of carbonyl (C=O) groups is 1. The number of benzene rings is 1. The van der Waals surface area contributed by atoms with Crippen molar-refractivity contribution in [2.45, 2.75) is 17.5 Å². The zero-order valence-electron chi connectivity index (χ0n) is 16.8. The lowest BCUT2D eigenvalue weighted by Crippen LogP contribution is -2.33. The van der Waals surface area contributed by atoms with Crippen molar-refractivity contribution in [3.8, 4) is 17.2 Å². The van der Waals surface area contributed by atoms with Gasteiger partial charge in [-0.25, -0.2) is 0 Å². The zero-order valence-corrected chi connectivity index (χ0v) is 17.6. The fraction of sp³-hybridized carbons (Fsp3) is 0.350. The van der Waals surface area contributed by atoms with Crippen molar-refractivity contribution in [3.63, 3.8) is 0 Å². The molecule has 0 aliphatic carbocycles. The van der Waals surface area contributed by atoms with Gasteiger partial charge < -0.3 is 24.1 Å². The molecule has 0 saturated heterocycles. The summed E-state index contributed by atoms with van der Waals surface area (Å²) in [7, 11) is 6.35. The van der Waals surface area contributed by atoms with E-state index in [1.54, 1.807) is 29.8 Å². The molecule has 29 heavy (non-hydrogen) atoms. The Morgan fingerprint density at radius 2 is 1.86 bits per heavy atom. The maximum atomic E-state index is 13.0. The number of aromatic nitrogens is 2. The van der Waals surface area contributed by atoms with Crippen LogP contribution >= 0.6 is 11.8 Å². The highest BCUT2D eigenvalue weighted by atomic mass is 32.2. The monoisotopic (exact) mass is 417 g/mol. The van der Waals surface area contributed by atoms with Gasteiger partial charge in [0.25, 0.3) is 5.56 Å². The lowest BCUT2D eigenvalue weighted by molar-refractivity contribution is -0.116. The summed E-state index contributed by atoms with van der Waals surface area (Å²) >= 11 is 1.37. The summed E-state index contributed by atoms with van der Waals surface area (Å²) in [5.41, 5.74) is 0.693. The fourth-order valence-electron chi connectivity index (χ4n) is 3.39. The number of fused-ring (bicyclic) bond motifs is 1. The quantitative estimate of drug-likeness (QED) is 0.420. The van der Waals surface area contributed by atoms with Crippen LogP contribution in [0.2, 0.25) is 0 Å². The number of anilines is 1. The lowest BCUT2D eigenvalue weighted by atomic mass is 9.86. The van der Waals surface area contributed by atoms with Crippen molar-refractivity contribution < 1.29 is 19.0 Å². The van der Waals surface area contributed by atoms with Gasteiger partial charge in [-0.2, -0.15) is 4.98 Å². The SMILES string of the molecule is C=CCSc1nc(=O)c2c(n1C)NC(=O)C[C@@H]2c1cc(OC)c(OC)cc1OC. The number of amides is 1. The molecule has 154 valence electrons. The second-order valence-electron chi connectivity index (χ2n) is 6.37. The Morgan fingerprint density at radius 3 is 2.48 bits per heavy atom. The Kier molecular flexibility index (Phi) is 6.17. The van der Waals surface area contributed by atoms with Crippen molar-refractivity contribution in [3.05, 3.63) is 46.3 Å². The predicted molar refractivity (Wildman–Crippen MR) is 112 cm³/mol. The third-order valence-electron chi connectivity index (χ3n) is 4.74. The van der Waals surface area contributed by atoms with Gasteiger partial charge in [0.05, 0.1) is 26.9 Å². The van der Waals surface area contributed by atoms with Crippen LogP contribution in [0.25, 0.3) is 0 Å². The summed E-state index contributed by atoms with van der Waals surface area (Å²) in [5.74, 6) is 1.79. The van der Waals surface area contributed by atoms with Gasteiger partial charge in [0.15, 0.2) is 16.7 Å². The molecule has 3 rings (SSSR count). The molecule has 0 fully saturated rings. The molecule has 1 N–H and O–H groups in total. The summed E-state index contributed by atoms with van der Waals surface area (Å²) in [5, 5.41) is 3.33. The van der Waals surface area contributed by atoms with E-state index in [-0.39, 0.29) is 17.9 Å². The predicted octanol–water partition coefficient (Wildman–Crippen LogP) is 2.56. The number of rotatable bonds is 7. The number of thioether (sulfide) groups is 1. The molecule has 1 amide bonds. The molecule has 0 bridgehead atoms. The average Bonchev–Trinajstić information content (AvgIpc) is 2.73. The highest BCUT2D eigenvalue weighted by Gasteiger charge is 2.34. The molecule has 8 nitrogen and oxygen atoms in total. The summed E-state index contributed by atoms with van der Waals surface area (Å²) in [6, 6.07) is 3.43. The number of hydrogen-bond donors (Lipinski definition) is 1. The smallest absolute Gasteiger partial charge is 0.279 e. The fourth-order valence-corrected chi connectivity index (χ4v) is 4.09. The van der Waals surface area contributed by atoms with Crippen LogP contribution in [0.3, 0.4) is 0 Å². The minimum atomic E-state index is -0.529. The van der Waals surface area contributed by atoms with Gasteiger partial charge in [-0.05, 0) is 6.07 Å². The number of carbonyl (C=O) groups excluding carboxylic acids is 1. The molecule has 1 aromatic heterocycles. The Bertz CT molecular complexity index is 1020. The standard InChI is InChI=1S/C20H23N3O5S/c1-6-7-29-20-22-19(25)17-12(9-16(24)21-18(17)23(20)2)11-8-14(27-4)15(28-5)10-13(11)26-3/h6,8,10,12H,1,7,9H2,2-5H3,(H,21,24)/t12-/m1/s1. The van der Waals surface area contributed by atoms with Crippen molar-refractivity contribution in [2.75, 3.05) is 32.4 Å². The number of hydrogen-bond acceptors (Lipinski definition) is 7. The first-order valence-corrected chi connectivity index (χ1v) is 9.88. The van der Waals surface area contributed by atoms with Crippen LogP contribution < -0.4 is 25.1 Å². The number of nitrogens with one attached hydrogen (secondary N) is 1. The first-order valence-electron chi connectivity index (χ1n) is 8.89. The lowest BCUT2D eigenvalue weighted by Gasteiger charge is -2.28. The van der Waals surface area contributed by atoms with Crippen LogP contribution in [0, 0.1) is 0 Å².